The molecular weight excluding hydrogens is 749 g/mol. The fourth-order valence-corrected chi connectivity index (χ4v) is 9.38. The molecule has 8 aromatic carbocycles. The van der Waals surface area contributed by atoms with Gasteiger partial charge < -0.3 is 9.47 Å². The maximum absolute atomic E-state index is 2.57. The van der Waals surface area contributed by atoms with Crippen molar-refractivity contribution in [1.82, 2.24) is 4.57 Å². The number of aryl methyl sites for hydroxylation is 1. The van der Waals surface area contributed by atoms with E-state index < -0.39 is 0 Å². The van der Waals surface area contributed by atoms with Gasteiger partial charge in [0.15, 0.2) is 0 Å². The number of benzene rings is 8. The molecule has 2 nitrogen and oxygen atoms in total. The van der Waals surface area contributed by atoms with Gasteiger partial charge in [0.2, 0.25) is 0 Å². The molecule has 0 saturated carbocycles. The second-order valence-corrected chi connectivity index (χ2v) is 16.3. The van der Waals surface area contributed by atoms with E-state index in [0.29, 0.717) is 0 Å². The van der Waals surface area contributed by atoms with Crippen LogP contribution in [-0.2, 0) is 0 Å². The van der Waals surface area contributed by atoms with E-state index in [9.17, 15) is 0 Å². The lowest BCUT2D eigenvalue weighted by atomic mass is 9.94. The molecule has 62 heavy (non-hydrogen) atoms. The number of aromatic nitrogens is 1. The molecule has 0 saturated heterocycles. The molecule has 1 aliphatic rings. The highest BCUT2D eigenvalue weighted by atomic mass is 15.2. The maximum atomic E-state index is 2.57. The summed E-state index contributed by atoms with van der Waals surface area (Å²) < 4.78 is 2.44. The van der Waals surface area contributed by atoms with Gasteiger partial charge in [-0.15, -0.1) is 0 Å². The van der Waals surface area contributed by atoms with Crippen LogP contribution in [0.25, 0.3) is 72.5 Å². The third kappa shape index (κ3) is 7.50. The smallest absolute Gasteiger partial charge is 0.0547 e. The van der Waals surface area contributed by atoms with Crippen LogP contribution in [0.15, 0.2) is 218 Å². The number of rotatable bonds is 10. The van der Waals surface area contributed by atoms with Crippen molar-refractivity contribution in [3.8, 4) is 39.1 Å². The Morgan fingerprint density at radius 2 is 1.18 bits per heavy atom. The molecule has 1 unspecified atom stereocenters. The molecule has 0 spiro atoms. The first-order valence-electron chi connectivity index (χ1n) is 22.0. The van der Waals surface area contributed by atoms with Crippen LogP contribution in [0.4, 0.5) is 11.4 Å². The van der Waals surface area contributed by atoms with E-state index in [1.807, 2.05) is 0 Å². The molecule has 300 valence electrons. The van der Waals surface area contributed by atoms with Crippen LogP contribution in [0, 0.1) is 6.92 Å². The summed E-state index contributed by atoms with van der Waals surface area (Å²) in [5.74, 6) is 0. The molecule has 0 radical (unpaired) electrons. The highest BCUT2D eigenvalue weighted by molar-refractivity contribution is 6.16. The van der Waals surface area contributed by atoms with Crippen molar-refractivity contribution in [2.24, 2.45) is 0 Å². The van der Waals surface area contributed by atoms with E-state index in [1.165, 1.54) is 94.5 Å². The number of para-hydroxylation sites is 1. The first-order chi connectivity index (χ1) is 30.6. The zero-order chi connectivity index (χ0) is 41.8. The number of hydrogen-bond donors (Lipinski definition) is 0. The molecule has 10 rings (SSSR count). The Morgan fingerprint density at radius 1 is 0.565 bits per heavy atom. The minimum Gasteiger partial charge on any atom is -0.334 e. The van der Waals surface area contributed by atoms with Gasteiger partial charge in [0.25, 0.3) is 0 Å². The van der Waals surface area contributed by atoms with Crippen molar-refractivity contribution < 1.29 is 0 Å². The summed E-state index contributed by atoms with van der Waals surface area (Å²) in [5, 5.41) is 2.53. The molecule has 1 atom stereocenters. The molecule has 0 N–H and O–H groups in total. The zero-order valence-electron chi connectivity index (χ0n) is 35.5. The van der Waals surface area contributed by atoms with Gasteiger partial charge in [-0.2, -0.15) is 0 Å². The standard InChI is InChI=1S/C60H50N2/c1-3-4-20-47-42-57-59(39-43(47)2)62(50-28-12-7-13-29-50)58-36-19-35-56(60(57)58)49-27-18-32-53(41-49)61(52-31-17-26-48(40-52)44-21-8-5-9-22-44)51-30-16-25-46(37-38-51)55-34-15-14-33-54(55)45-23-10-6-11-24-45/h4-15,17-29,31-42,51H,3,16,30H2,1-2H3/b20-4-. The Bertz CT molecular complexity index is 3110. The maximum Gasteiger partial charge on any atom is 0.0547 e. The summed E-state index contributed by atoms with van der Waals surface area (Å²) in [7, 11) is 0. The molecule has 0 fully saturated rings. The number of allylic oxidation sites excluding steroid dienone is 4. The van der Waals surface area contributed by atoms with Gasteiger partial charge in [0.1, 0.15) is 0 Å². The fourth-order valence-electron chi connectivity index (χ4n) is 9.38. The summed E-state index contributed by atoms with van der Waals surface area (Å²) in [6.07, 6.45) is 14.7. The quantitative estimate of drug-likeness (QED) is 0.134. The third-order valence-corrected chi connectivity index (χ3v) is 12.4. The average Bonchev–Trinajstić information content (AvgIpc) is 3.45. The van der Waals surface area contributed by atoms with Gasteiger partial charge in [-0.25, -0.2) is 0 Å². The van der Waals surface area contributed by atoms with Crippen molar-refractivity contribution in [2.45, 2.75) is 39.2 Å². The second-order valence-electron chi connectivity index (χ2n) is 16.3. The van der Waals surface area contributed by atoms with Gasteiger partial charge in [-0.3, -0.25) is 0 Å². The number of anilines is 2. The van der Waals surface area contributed by atoms with Gasteiger partial charge >= 0.3 is 0 Å². The highest BCUT2D eigenvalue weighted by Gasteiger charge is 2.23. The third-order valence-electron chi connectivity index (χ3n) is 12.4. The van der Waals surface area contributed by atoms with Crippen LogP contribution in [-0.4, -0.2) is 10.6 Å². The van der Waals surface area contributed by atoms with E-state index >= 15 is 0 Å². The number of fused-ring (bicyclic) bond motifs is 3. The molecule has 1 heterocycles. The average molecular weight is 799 g/mol. The van der Waals surface area contributed by atoms with E-state index in [-0.39, 0.29) is 6.04 Å². The summed E-state index contributed by atoms with van der Waals surface area (Å²) in [5.41, 5.74) is 18.4. The predicted octanol–water partition coefficient (Wildman–Crippen LogP) is 16.5. The number of nitrogens with zero attached hydrogens (tertiary/aromatic N) is 2. The van der Waals surface area contributed by atoms with Crippen molar-refractivity contribution in [1.29, 1.82) is 0 Å². The van der Waals surface area contributed by atoms with Crippen LogP contribution in [0.3, 0.4) is 0 Å². The van der Waals surface area contributed by atoms with Crippen LogP contribution in [0.1, 0.15) is 42.9 Å². The van der Waals surface area contributed by atoms with Crippen LogP contribution >= 0.6 is 0 Å². The minimum absolute atomic E-state index is 0.112. The first-order valence-corrected chi connectivity index (χ1v) is 22.0. The fraction of sp³-hybridized carbons (Fsp3) is 0.100. The van der Waals surface area contributed by atoms with Crippen LogP contribution < -0.4 is 4.90 Å². The molecule has 2 heteroatoms. The largest absolute Gasteiger partial charge is 0.334 e. The Morgan fingerprint density at radius 3 is 1.92 bits per heavy atom. The molecule has 0 aliphatic heterocycles. The van der Waals surface area contributed by atoms with Crippen LogP contribution in [0.2, 0.25) is 0 Å². The normalized spacial score (nSPS) is 14.0. The first kappa shape index (κ1) is 38.8. The zero-order valence-corrected chi connectivity index (χ0v) is 35.5. The van der Waals surface area contributed by atoms with E-state index in [2.05, 4.69) is 248 Å². The van der Waals surface area contributed by atoms with Crippen molar-refractivity contribution >= 4 is 44.8 Å². The van der Waals surface area contributed by atoms with Crippen LogP contribution in [0.5, 0.6) is 0 Å². The van der Waals surface area contributed by atoms with Gasteiger partial charge in [0.05, 0.1) is 17.1 Å². The lowest BCUT2D eigenvalue weighted by Gasteiger charge is -2.32. The van der Waals surface area contributed by atoms with Crippen molar-refractivity contribution in [3.63, 3.8) is 0 Å². The SMILES string of the molecule is CC/C=C\c1cc2c3c(-c4cccc(N(c5cccc(-c6ccccc6)c5)C5C=CC(c6ccccc6-c6ccccc6)=CCC5)c4)cccc3n(-c3ccccc3)c2cc1C. The molecular formula is C60H50N2. The van der Waals surface area contributed by atoms with Gasteiger partial charge in [-0.1, -0.05) is 177 Å². The van der Waals surface area contributed by atoms with Crippen molar-refractivity contribution in [3.05, 3.63) is 235 Å². The van der Waals surface area contributed by atoms with Gasteiger partial charge in [-0.05, 0) is 136 Å². The Kier molecular flexibility index (Phi) is 10.8. The van der Waals surface area contributed by atoms with Gasteiger partial charge in [0, 0.05) is 27.8 Å². The lowest BCUT2D eigenvalue weighted by molar-refractivity contribution is 0.714. The van der Waals surface area contributed by atoms with E-state index in [1.54, 1.807) is 0 Å². The summed E-state index contributed by atoms with van der Waals surface area (Å²) in [4.78, 5) is 2.57. The molecule has 0 amide bonds. The number of hydrogen-bond acceptors (Lipinski definition) is 1. The van der Waals surface area contributed by atoms with E-state index in [4.69, 9.17) is 0 Å². The summed E-state index contributed by atoms with van der Waals surface area (Å²) in [6, 6.07) is 71.1. The predicted molar refractivity (Wildman–Crippen MR) is 266 cm³/mol. The topological polar surface area (TPSA) is 8.17 Å². The lowest BCUT2D eigenvalue weighted by Crippen LogP contribution is -2.29. The second kappa shape index (κ2) is 17.3. The van der Waals surface area contributed by atoms with Crippen molar-refractivity contribution in [2.75, 3.05) is 4.90 Å². The molecule has 0 bridgehead atoms. The Hall–Kier alpha value is -7.42. The Balaban J connectivity index is 1.12. The molecule has 1 aliphatic carbocycles. The monoisotopic (exact) mass is 798 g/mol. The summed E-state index contributed by atoms with van der Waals surface area (Å²) >= 11 is 0. The van der Waals surface area contributed by atoms with E-state index in [0.717, 1.165) is 19.3 Å². The molecule has 9 aromatic rings. The Labute approximate surface area is 366 Å². The molecule has 1 aromatic heterocycles. The minimum atomic E-state index is 0.112. The highest BCUT2D eigenvalue weighted by Crippen LogP contribution is 2.42. The summed E-state index contributed by atoms with van der Waals surface area (Å²) in [6.45, 7) is 4.43.